The molecule has 0 radical (unpaired) electrons. The molecule has 0 saturated carbocycles. The number of phenols is 1. The van der Waals surface area contributed by atoms with Crippen molar-refractivity contribution in [3.63, 3.8) is 0 Å². The minimum absolute atomic E-state index is 0.0176. The van der Waals surface area contributed by atoms with Crippen LogP contribution in [-0.4, -0.2) is 87.1 Å². The number of fused-ring (bicyclic) bond motifs is 7. The fourth-order valence-corrected chi connectivity index (χ4v) is 8.90. The maximum atomic E-state index is 17.1. The summed E-state index contributed by atoms with van der Waals surface area (Å²) in [4.78, 5) is 18.8. The van der Waals surface area contributed by atoms with E-state index >= 15 is 4.39 Å². The van der Waals surface area contributed by atoms with Gasteiger partial charge in [-0.1, -0.05) is 18.1 Å². The van der Waals surface area contributed by atoms with Crippen LogP contribution in [0.4, 0.5) is 14.6 Å². The van der Waals surface area contributed by atoms with Crippen LogP contribution >= 0.6 is 0 Å². The minimum Gasteiger partial charge on any atom is -0.508 e. The van der Waals surface area contributed by atoms with Crippen molar-refractivity contribution in [3.05, 3.63) is 41.7 Å². The van der Waals surface area contributed by atoms with E-state index in [-0.39, 0.29) is 59.7 Å². The maximum Gasteiger partial charge on any atom is 0.319 e. The number of pyridine rings is 1. The number of nitrogens with one attached hydrogen (secondary N) is 1. The molecule has 5 aliphatic rings. The number of terminal acetylenes is 1. The molecule has 4 aromatic rings. The summed E-state index contributed by atoms with van der Waals surface area (Å²) < 4.78 is 44.6. The Kier molecular flexibility index (Phi) is 6.15. The standard InChI is InChI=1S/C35H34F2N6O3/c1-3-19-6-4-7-20-12-23(44)13-24(26(19)20)29-28(37)30-27-32(41-34(40-30)45-17-35-10-5-11-42(35)15-21(36)14-35)43-16-22-8-9-25(38-22)31(43)18(2)46-33(27)39-29/h1,4,6-7,12-13,18,21-22,25,31,38,44H,5,8-11,14-17H2,2H3/t18-,21+,22+,25-,31+,35-/m0/s1. The Morgan fingerprint density at radius 3 is 2.96 bits per heavy atom. The lowest BCUT2D eigenvalue weighted by Crippen LogP contribution is -2.62. The number of halogens is 2. The van der Waals surface area contributed by atoms with Gasteiger partial charge >= 0.3 is 6.01 Å². The highest BCUT2D eigenvalue weighted by Crippen LogP contribution is 2.46. The van der Waals surface area contributed by atoms with Gasteiger partial charge in [0.2, 0.25) is 5.88 Å². The molecule has 46 heavy (non-hydrogen) atoms. The van der Waals surface area contributed by atoms with Gasteiger partial charge in [-0.3, -0.25) is 4.90 Å². The number of anilines is 1. The number of phenolic OH excluding ortho intramolecular Hbond substituents is 1. The number of ether oxygens (including phenoxy) is 2. The van der Waals surface area contributed by atoms with Crippen LogP contribution in [0.15, 0.2) is 30.3 Å². The van der Waals surface area contributed by atoms with Gasteiger partial charge in [0.1, 0.15) is 47.0 Å². The van der Waals surface area contributed by atoms with Gasteiger partial charge in [-0.15, -0.1) is 6.42 Å². The van der Waals surface area contributed by atoms with Gasteiger partial charge in [0.05, 0.1) is 11.6 Å². The fourth-order valence-electron chi connectivity index (χ4n) is 8.90. The molecule has 0 aliphatic carbocycles. The largest absolute Gasteiger partial charge is 0.508 e. The first-order valence-electron chi connectivity index (χ1n) is 16.2. The Morgan fingerprint density at radius 1 is 1.20 bits per heavy atom. The molecule has 4 fully saturated rings. The third-order valence-corrected chi connectivity index (χ3v) is 10.8. The van der Waals surface area contributed by atoms with Gasteiger partial charge in [0, 0.05) is 48.1 Å². The predicted octanol–water partition coefficient (Wildman–Crippen LogP) is 4.72. The van der Waals surface area contributed by atoms with Crippen LogP contribution in [0.3, 0.4) is 0 Å². The molecular formula is C35H34F2N6O3. The molecule has 7 heterocycles. The Hall–Kier alpha value is -4.27. The molecule has 9 rings (SSSR count). The average molecular weight is 625 g/mol. The van der Waals surface area contributed by atoms with E-state index in [1.807, 2.05) is 13.0 Å². The van der Waals surface area contributed by atoms with E-state index in [1.54, 1.807) is 18.2 Å². The summed E-state index contributed by atoms with van der Waals surface area (Å²) >= 11 is 0. The Morgan fingerprint density at radius 2 is 2.09 bits per heavy atom. The van der Waals surface area contributed by atoms with E-state index in [9.17, 15) is 9.50 Å². The van der Waals surface area contributed by atoms with Gasteiger partial charge in [-0.05, 0) is 62.7 Å². The summed E-state index contributed by atoms with van der Waals surface area (Å²) in [5.41, 5.74) is 0.443. The molecule has 0 unspecified atom stereocenters. The summed E-state index contributed by atoms with van der Waals surface area (Å²) in [6.45, 7) is 4.13. The number of hydrogen-bond donors (Lipinski definition) is 2. The monoisotopic (exact) mass is 624 g/mol. The zero-order valence-electron chi connectivity index (χ0n) is 25.5. The summed E-state index contributed by atoms with van der Waals surface area (Å²) in [6.07, 6.45) is 8.90. The van der Waals surface area contributed by atoms with Crippen LogP contribution in [0.1, 0.15) is 44.6 Å². The van der Waals surface area contributed by atoms with Gasteiger partial charge in [-0.2, -0.15) is 9.97 Å². The molecule has 11 heteroatoms. The number of alkyl halides is 1. The third-order valence-electron chi connectivity index (χ3n) is 10.8. The first kappa shape index (κ1) is 28.0. The van der Waals surface area contributed by atoms with Crippen molar-refractivity contribution in [3.8, 4) is 41.2 Å². The van der Waals surface area contributed by atoms with Crippen molar-refractivity contribution in [2.45, 2.75) is 75.0 Å². The zero-order chi connectivity index (χ0) is 31.3. The lowest BCUT2D eigenvalue weighted by Gasteiger charge is -2.42. The average Bonchev–Trinajstić information content (AvgIpc) is 3.68. The molecule has 2 bridgehead atoms. The second-order valence-electron chi connectivity index (χ2n) is 13.6. The highest BCUT2D eigenvalue weighted by atomic mass is 19.1. The SMILES string of the molecule is C#Cc1cccc2cc(O)cc(-c3nc4c5c(nc(OC[C@@]67CCCN6C[C@H](F)C7)nc5c3F)N3C[C@H]5CC[C@H](N5)[C@H]3[C@H](C)O4)c12. The van der Waals surface area contributed by atoms with Crippen LogP contribution < -0.4 is 19.7 Å². The molecule has 2 aromatic carbocycles. The zero-order valence-corrected chi connectivity index (χ0v) is 25.5. The molecule has 4 saturated heterocycles. The van der Waals surface area contributed by atoms with Crippen LogP contribution in [0.2, 0.25) is 0 Å². The molecule has 5 aliphatic heterocycles. The number of piperazine rings is 1. The van der Waals surface area contributed by atoms with Crippen molar-refractivity contribution in [1.29, 1.82) is 0 Å². The predicted molar refractivity (Wildman–Crippen MR) is 170 cm³/mol. The smallest absolute Gasteiger partial charge is 0.319 e. The summed E-state index contributed by atoms with van der Waals surface area (Å²) in [5, 5.41) is 16.1. The highest BCUT2D eigenvalue weighted by molar-refractivity contribution is 6.04. The van der Waals surface area contributed by atoms with E-state index in [0.29, 0.717) is 52.6 Å². The normalized spacial score (nSPS) is 29.8. The third kappa shape index (κ3) is 4.09. The first-order valence-corrected chi connectivity index (χ1v) is 16.2. The molecular weight excluding hydrogens is 590 g/mol. The van der Waals surface area contributed by atoms with E-state index in [0.717, 1.165) is 32.2 Å². The molecule has 9 nitrogen and oxygen atoms in total. The summed E-state index contributed by atoms with van der Waals surface area (Å²) in [5.74, 6) is 2.70. The second-order valence-corrected chi connectivity index (χ2v) is 13.6. The topological polar surface area (TPSA) is 95.9 Å². The van der Waals surface area contributed by atoms with E-state index in [1.165, 1.54) is 6.07 Å². The van der Waals surface area contributed by atoms with Gasteiger partial charge in [-0.25, -0.2) is 13.8 Å². The van der Waals surface area contributed by atoms with Crippen molar-refractivity contribution < 1.29 is 23.4 Å². The number of rotatable bonds is 4. The van der Waals surface area contributed by atoms with Gasteiger partial charge in [0.15, 0.2) is 5.82 Å². The highest BCUT2D eigenvalue weighted by Gasteiger charge is 2.50. The first-order chi connectivity index (χ1) is 22.3. The molecule has 236 valence electrons. The van der Waals surface area contributed by atoms with E-state index in [2.05, 4.69) is 26.0 Å². The van der Waals surface area contributed by atoms with Crippen LogP contribution in [0, 0.1) is 18.2 Å². The van der Waals surface area contributed by atoms with Crippen LogP contribution in [0.25, 0.3) is 32.9 Å². The minimum atomic E-state index is -0.902. The van der Waals surface area contributed by atoms with E-state index in [4.69, 9.17) is 25.9 Å². The van der Waals surface area contributed by atoms with Gasteiger partial charge in [0.25, 0.3) is 0 Å². The second kappa shape index (κ2) is 10.1. The molecule has 6 atom stereocenters. The fraction of sp³-hybridized carbons (Fsp3) is 0.457. The van der Waals surface area contributed by atoms with Crippen molar-refractivity contribution in [2.75, 3.05) is 31.1 Å². The molecule has 0 spiro atoms. The van der Waals surface area contributed by atoms with E-state index < -0.39 is 17.5 Å². The molecule has 2 N–H and O–H groups in total. The molecule has 2 aromatic heterocycles. The number of nitrogens with zero attached hydrogens (tertiary/aromatic N) is 5. The quantitative estimate of drug-likeness (QED) is 0.313. The number of hydrogen-bond acceptors (Lipinski definition) is 9. The van der Waals surface area contributed by atoms with Crippen molar-refractivity contribution in [2.24, 2.45) is 0 Å². The lowest BCUT2D eigenvalue weighted by atomic mass is 9.95. The number of benzene rings is 2. The summed E-state index contributed by atoms with van der Waals surface area (Å²) in [6, 6.07) is 8.85. The maximum absolute atomic E-state index is 17.1. The van der Waals surface area contributed by atoms with Gasteiger partial charge < -0.3 is 24.8 Å². The van der Waals surface area contributed by atoms with Crippen molar-refractivity contribution in [1.82, 2.24) is 25.2 Å². The number of aromatic hydroxyl groups is 1. The summed E-state index contributed by atoms with van der Waals surface area (Å²) in [7, 11) is 0. The Bertz CT molecular complexity index is 1970. The molecule has 0 amide bonds. The van der Waals surface area contributed by atoms with Crippen molar-refractivity contribution >= 4 is 27.5 Å². The van der Waals surface area contributed by atoms with Crippen LogP contribution in [-0.2, 0) is 0 Å². The lowest BCUT2D eigenvalue weighted by molar-refractivity contribution is 0.107. The van der Waals surface area contributed by atoms with Crippen LogP contribution in [0.5, 0.6) is 17.6 Å². The number of aromatic nitrogens is 3. The Labute approximate surface area is 264 Å². The Balaban J connectivity index is 1.25.